The van der Waals surface area contributed by atoms with Gasteiger partial charge in [-0.25, -0.2) is 9.36 Å². The molecule has 0 radical (unpaired) electrons. The van der Waals surface area contributed by atoms with Gasteiger partial charge in [-0.1, -0.05) is 13.8 Å². The first-order valence-electron chi connectivity index (χ1n) is 9.54. The Kier molecular flexibility index (Phi) is 5.38. The summed E-state index contributed by atoms with van der Waals surface area (Å²) in [6, 6.07) is 0. The van der Waals surface area contributed by atoms with E-state index < -0.39 is 23.7 Å². The molecule has 1 saturated heterocycles. The van der Waals surface area contributed by atoms with E-state index in [1.807, 2.05) is 4.57 Å². The summed E-state index contributed by atoms with van der Waals surface area (Å²) in [7, 11) is 1.57. The van der Waals surface area contributed by atoms with E-state index in [1.54, 1.807) is 7.05 Å². The van der Waals surface area contributed by atoms with Crippen LogP contribution in [0.2, 0.25) is 0 Å². The number of aryl methyl sites for hydroxylation is 2. The molecule has 0 spiro atoms. The summed E-state index contributed by atoms with van der Waals surface area (Å²) in [4.78, 5) is 43.8. The molecule has 2 N–H and O–H groups in total. The van der Waals surface area contributed by atoms with E-state index in [9.17, 15) is 14.4 Å². The van der Waals surface area contributed by atoms with Crippen molar-refractivity contribution >= 4 is 23.0 Å². The number of hydrogen-bond acceptors (Lipinski definition) is 5. The summed E-state index contributed by atoms with van der Waals surface area (Å²) in [6.07, 6.45) is 4.23. The minimum Gasteiger partial charge on any atom is -0.368 e. The molecule has 1 amide bonds. The van der Waals surface area contributed by atoms with Gasteiger partial charge in [0.15, 0.2) is 11.2 Å². The van der Waals surface area contributed by atoms with Crippen molar-refractivity contribution < 1.29 is 4.79 Å². The predicted octanol–water partition coefficient (Wildman–Crippen LogP) is 0.418. The Labute approximate surface area is 157 Å². The lowest BCUT2D eigenvalue weighted by Gasteiger charge is -2.28. The first-order chi connectivity index (χ1) is 12.8. The number of primary amides is 1. The molecule has 3 rings (SSSR count). The maximum absolute atomic E-state index is 13.1. The molecule has 1 fully saturated rings. The summed E-state index contributed by atoms with van der Waals surface area (Å²) < 4.78 is 4.15. The Morgan fingerprint density at radius 3 is 2.41 bits per heavy atom. The van der Waals surface area contributed by atoms with E-state index in [-0.39, 0.29) is 0 Å². The fourth-order valence-corrected chi connectivity index (χ4v) is 3.59. The lowest BCUT2D eigenvalue weighted by molar-refractivity contribution is -0.118. The summed E-state index contributed by atoms with van der Waals surface area (Å²) in [5, 5.41) is 0. The fraction of sp³-hybridized carbons (Fsp3) is 0.667. The van der Waals surface area contributed by atoms with E-state index >= 15 is 0 Å². The molecule has 2 aromatic heterocycles. The highest BCUT2D eigenvalue weighted by molar-refractivity contribution is 5.76. The third kappa shape index (κ3) is 3.63. The van der Waals surface area contributed by atoms with E-state index in [1.165, 1.54) is 11.0 Å². The molecule has 0 bridgehead atoms. The standard InChI is InChI=1S/C18H28N6O3/c1-12(2)7-10-23-14-15(20-17(23)22-8-5-4-6-9-22)21(3)18(27)24(16(14)26)11-13(19)25/h12H,4-11H2,1-3H3,(H2,19,25). The van der Waals surface area contributed by atoms with Gasteiger partial charge < -0.3 is 15.2 Å². The van der Waals surface area contributed by atoms with Crippen molar-refractivity contribution in [2.24, 2.45) is 18.7 Å². The van der Waals surface area contributed by atoms with Crippen LogP contribution >= 0.6 is 0 Å². The topological polar surface area (TPSA) is 108 Å². The zero-order valence-corrected chi connectivity index (χ0v) is 16.3. The van der Waals surface area contributed by atoms with Gasteiger partial charge >= 0.3 is 5.69 Å². The van der Waals surface area contributed by atoms with Crippen molar-refractivity contribution in [3.63, 3.8) is 0 Å². The Morgan fingerprint density at radius 2 is 1.81 bits per heavy atom. The van der Waals surface area contributed by atoms with Gasteiger partial charge in [0.25, 0.3) is 5.56 Å². The quantitative estimate of drug-likeness (QED) is 0.786. The second-order valence-corrected chi connectivity index (χ2v) is 7.67. The lowest BCUT2D eigenvalue weighted by atomic mass is 10.1. The maximum Gasteiger partial charge on any atom is 0.332 e. The van der Waals surface area contributed by atoms with Crippen LogP contribution in [-0.4, -0.2) is 37.7 Å². The number of piperidine rings is 1. The van der Waals surface area contributed by atoms with E-state index in [4.69, 9.17) is 5.73 Å². The van der Waals surface area contributed by atoms with E-state index in [0.717, 1.165) is 42.9 Å². The van der Waals surface area contributed by atoms with Gasteiger partial charge in [0.1, 0.15) is 6.54 Å². The number of fused-ring (bicyclic) bond motifs is 1. The van der Waals surface area contributed by atoms with Gasteiger partial charge in [-0.15, -0.1) is 0 Å². The second kappa shape index (κ2) is 7.58. The van der Waals surface area contributed by atoms with E-state index in [0.29, 0.717) is 23.6 Å². The van der Waals surface area contributed by atoms with Crippen LogP contribution in [0.15, 0.2) is 9.59 Å². The van der Waals surface area contributed by atoms with Gasteiger partial charge in [0.2, 0.25) is 11.9 Å². The Bertz CT molecular complexity index is 962. The Hall–Kier alpha value is -2.58. The van der Waals surface area contributed by atoms with Crippen LogP contribution in [0.4, 0.5) is 5.95 Å². The van der Waals surface area contributed by atoms with Gasteiger partial charge in [0, 0.05) is 26.7 Å². The number of aromatic nitrogens is 4. The van der Waals surface area contributed by atoms with Gasteiger partial charge in [-0.05, 0) is 31.6 Å². The van der Waals surface area contributed by atoms with Crippen molar-refractivity contribution in [3.05, 3.63) is 20.8 Å². The van der Waals surface area contributed by atoms with Crippen molar-refractivity contribution in [2.75, 3.05) is 18.0 Å². The zero-order valence-electron chi connectivity index (χ0n) is 16.3. The van der Waals surface area contributed by atoms with Crippen LogP contribution in [0.3, 0.4) is 0 Å². The molecule has 0 atom stereocenters. The monoisotopic (exact) mass is 376 g/mol. The molecule has 1 aliphatic rings. The average Bonchev–Trinajstić information content (AvgIpc) is 3.02. The number of nitrogens with zero attached hydrogens (tertiary/aromatic N) is 5. The van der Waals surface area contributed by atoms with Crippen molar-refractivity contribution in [1.82, 2.24) is 18.7 Å². The number of carbonyl (C=O) groups excluding carboxylic acids is 1. The highest BCUT2D eigenvalue weighted by atomic mass is 16.2. The second-order valence-electron chi connectivity index (χ2n) is 7.67. The molecule has 0 saturated carbocycles. The molecular formula is C18H28N6O3. The van der Waals surface area contributed by atoms with Gasteiger partial charge in [0.05, 0.1) is 0 Å². The van der Waals surface area contributed by atoms with Crippen molar-refractivity contribution in [3.8, 4) is 0 Å². The Morgan fingerprint density at radius 1 is 1.15 bits per heavy atom. The number of amides is 1. The summed E-state index contributed by atoms with van der Waals surface area (Å²) in [5.74, 6) is 0.462. The van der Waals surface area contributed by atoms with Gasteiger partial charge in [-0.2, -0.15) is 4.98 Å². The molecule has 148 valence electrons. The smallest absolute Gasteiger partial charge is 0.332 e. The maximum atomic E-state index is 13.1. The number of nitrogens with two attached hydrogens (primary N) is 1. The highest BCUT2D eigenvalue weighted by Crippen LogP contribution is 2.24. The molecule has 27 heavy (non-hydrogen) atoms. The SMILES string of the molecule is CC(C)CCn1c(N2CCCCC2)nc2c1c(=O)n(CC(N)=O)c(=O)n2C. The number of imidazole rings is 1. The highest BCUT2D eigenvalue weighted by Gasteiger charge is 2.24. The first-order valence-corrected chi connectivity index (χ1v) is 9.54. The van der Waals surface area contributed by atoms with Crippen LogP contribution < -0.4 is 21.9 Å². The average molecular weight is 376 g/mol. The molecule has 9 nitrogen and oxygen atoms in total. The first kappa shape index (κ1) is 19.2. The van der Waals surface area contributed by atoms with Crippen LogP contribution in [0, 0.1) is 5.92 Å². The molecule has 0 aliphatic carbocycles. The van der Waals surface area contributed by atoms with Crippen LogP contribution in [-0.2, 0) is 24.9 Å². The summed E-state index contributed by atoms with van der Waals surface area (Å²) >= 11 is 0. The molecule has 1 aliphatic heterocycles. The molecule has 3 heterocycles. The normalized spacial score (nSPS) is 15.0. The minimum atomic E-state index is -0.724. The minimum absolute atomic E-state index is 0.357. The summed E-state index contributed by atoms with van der Waals surface area (Å²) in [6.45, 7) is 6.21. The molecular weight excluding hydrogens is 348 g/mol. The molecule has 9 heteroatoms. The van der Waals surface area contributed by atoms with Crippen LogP contribution in [0.5, 0.6) is 0 Å². The van der Waals surface area contributed by atoms with Crippen molar-refractivity contribution in [2.45, 2.75) is 52.6 Å². The molecule has 0 aromatic carbocycles. The summed E-state index contributed by atoms with van der Waals surface area (Å²) in [5.41, 5.74) is 4.87. The van der Waals surface area contributed by atoms with Crippen molar-refractivity contribution in [1.29, 1.82) is 0 Å². The fourth-order valence-electron chi connectivity index (χ4n) is 3.59. The van der Waals surface area contributed by atoms with Gasteiger partial charge in [-0.3, -0.25) is 14.2 Å². The Balaban J connectivity index is 2.26. The predicted molar refractivity (Wildman–Crippen MR) is 104 cm³/mol. The third-order valence-electron chi connectivity index (χ3n) is 5.10. The number of carbonyl (C=O) groups is 1. The zero-order chi connectivity index (χ0) is 19.7. The third-order valence-corrected chi connectivity index (χ3v) is 5.10. The lowest BCUT2D eigenvalue weighted by Crippen LogP contribution is -2.42. The number of anilines is 1. The number of rotatable bonds is 6. The molecule has 0 unspecified atom stereocenters. The van der Waals surface area contributed by atoms with Crippen LogP contribution in [0.1, 0.15) is 39.5 Å². The number of hydrogen-bond donors (Lipinski definition) is 1. The van der Waals surface area contributed by atoms with Crippen LogP contribution in [0.25, 0.3) is 11.2 Å². The molecule has 2 aromatic rings. The van der Waals surface area contributed by atoms with E-state index in [2.05, 4.69) is 23.7 Å². The largest absolute Gasteiger partial charge is 0.368 e.